The zero-order chi connectivity index (χ0) is 19.7. The number of hydrogen-bond donors (Lipinski definition) is 2. The molecular weight excluding hydrogens is 338 g/mol. The number of hydrogen-bond acceptors (Lipinski definition) is 3. The Morgan fingerprint density at radius 3 is 2.59 bits per heavy atom. The molecule has 0 unspecified atom stereocenters. The van der Waals surface area contributed by atoms with Gasteiger partial charge in [-0.05, 0) is 65.2 Å². The highest BCUT2D eigenvalue weighted by atomic mass is 16.3. The molecule has 0 atom stereocenters. The normalized spacial score (nSPS) is 14.4. The average Bonchev–Trinajstić information content (AvgIpc) is 2.99. The lowest BCUT2D eigenvalue weighted by Crippen LogP contribution is -2.14. The van der Waals surface area contributed by atoms with Crippen LogP contribution in [0.2, 0.25) is 0 Å². The number of carbonyl (C=O) groups excluding carboxylic acids is 2. The van der Waals surface area contributed by atoms with E-state index in [-0.39, 0.29) is 17.3 Å². The molecule has 0 aliphatic heterocycles. The molecule has 1 aromatic heterocycles. The summed E-state index contributed by atoms with van der Waals surface area (Å²) in [6.45, 7) is 7.91. The van der Waals surface area contributed by atoms with Crippen molar-refractivity contribution < 1.29 is 14.7 Å². The molecule has 4 heteroatoms. The number of fused-ring (bicyclic) bond motifs is 3. The molecule has 0 saturated carbocycles. The largest absolute Gasteiger partial charge is 0.508 e. The summed E-state index contributed by atoms with van der Waals surface area (Å²) < 4.78 is 0. The van der Waals surface area contributed by atoms with Gasteiger partial charge in [0, 0.05) is 16.5 Å². The molecule has 3 rings (SSSR count). The van der Waals surface area contributed by atoms with Gasteiger partial charge in [0.1, 0.15) is 5.75 Å². The maximum absolute atomic E-state index is 12.6. The Morgan fingerprint density at radius 2 is 1.89 bits per heavy atom. The van der Waals surface area contributed by atoms with Crippen molar-refractivity contribution in [1.82, 2.24) is 4.98 Å². The minimum absolute atomic E-state index is 0.138. The SMILES string of the molecule is CC(C)=CCC/C(C)=C/Cc1c(O)ccc2c3c([nH]c12)C(=O)C=C(C)C3=O. The minimum atomic E-state index is -0.197. The number of rotatable bonds is 5. The van der Waals surface area contributed by atoms with Crippen molar-refractivity contribution in [3.63, 3.8) is 0 Å². The first-order chi connectivity index (χ1) is 12.8. The van der Waals surface area contributed by atoms with Gasteiger partial charge >= 0.3 is 0 Å². The van der Waals surface area contributed by atoms with E-state index in [1.165, 1.54) is 17.2 Å². The van der Waals surface area contributed by atoms with Gasteiger partial charge in [0.25, 0.3) is 0 Å². The number of phenolic OH excluding ortho intramolecular Hbond substituents is 1. The number of ketones is 2. The summed E-state index contributed by atoms with van der Waals surface area (Å²) in [6.07, 6.45) is 8.17. The second kappa shape index (κ2) is 7.39. The molecule has 2 aromatic rings. The molecule has 0 spiro atoms. The van der Waals surface area contributed by atoms with Gasteiger partial charge < -0.3 is 10.1 Å². The first kappa shape index (κ1) is 18.9. The fraction of sp³-hybridized carbons (Fsp3) is 0.304. The third-order valence-corrected chi connectivity index (χ3v) is 4.98. The summed E-state index contributed by atoms with van der Waals surface area (Å²) >= 11 is 0. The van der Waals surface area contributed by atoms with Gasteiger partial charge in [-0.15, -0.1) is 0 Å². The van der Waals surface area contributed by atoms with E-state index in [4.69, 9.17) is 0 Å². The summed E-state index contributed by atoms with van der Waals surface area (Å²) in [7, 11) is 0. The van der Waals surface area contributed by atoms with E-state index < -0.39 is 0 Å². The van der Waals surface area contributed by atoms with Crippen LogP contribution in [0, 0.1) is 0 Å². The van der Waals surface area contributed by atoms with E-state index in [1.807, 2.05) is 0 Å². The van der Waals surface area contributed by atoms with Gasteiger partial charge in [-0.2, -0.15) is 0 Å². The summed E-state index contributed by atoms with van der Waals surface area (Å²) in [5, 5.41) is 11.1. The zero-order valence-electron chi connectivity index (χ0n) is 16.3. The number of benzene rings is 1. The number of Topliss-reactive ketones (excluding diaryl/α,β-unsaturated/α-hetero) is 1. The lowest BCUT2D eigenvalue weighted by atomic mass is 9.93. The number of phenols is 1. The highest BCUT2D eigenvalue weighted by molar-refractivity contribution is 6.29. The molecule has 27 heavy (non-hydrogen) atoms. The standard InChI is InChI=1S/C23H25NO3/c1-13(2)6-5-7-14(3)8-9-16-18(25)11-10-17-20-22(24-21(16)17)19(26)12-15(4)23(20)27/h6,8,10-12,24-25H,5,7,9H2,1-4H3/b14-8+. The van der Waals surface area contributed by atoms with Crippen LogP contribution in [0.1, 0.15) is 66.9 Å². The van der Waals surface area contributed by atoms with E-state index in [9.17, 15) is 14.7 Å². The highest BCUT2D eigenvalue weighted by Gasteiger charge is 2.28. The highest BCUT2D eigenvalue weighted by Crippen LogP contribution is 2.34. The maximum atomic E-state index is 12.6. The maximum Gasteiger partial charge on any atom is 0.203 e. The van der Waals surface area contributed by atoms with E-state index in [1.54, 1.807) is 19.1 Å². The minimum Gasteiger partial charge on any atom is -0.508 e. The average molecular weight is 363 g/mol. The predicted molar refractivity (Wildman–Crippen MR) is 109 cm³/mol. The van der Waals surface area contributed by atoms with Gasteiger partial charge in [-0.3, -0.25) is 9.59 Å². The van der Waals surface area contributed by atoms with E-state index in [2.05, 4.69) is 37.9 Å². The van der Waals surface area contributed by atoms with Gasteiger partial charge in [0.05, 0.1) is 16.8 Å². The number of nitrogens with one attached hydrogen (secondary N) is 1. The summed E-state index contributed by atoms with van der Waals surface area (Å²) in [4.78, 5) is 28.0. The van der Waals surface area contributed by atoms with Crippen LogP contribution in [0.25, 0.3) is 10.9 Å². The van der Waals surface area contributed by atoms with Crippen LogP contribution in [0.4, 0.5) is 0 Å². The lowest BCUT2D eigenvalue weighted by Gasteiger charge is -2.08. The molecule has 4 nitrogen and oxygen atoms in total. The van der Waals surface area contributed by atoms with E-state index >= 15 is 0 Å². The van der Waals surface area contributed by atoms with Crippen molar-refractivity contribution in [3.8, 4) is 5.75 Å². The van der Waals surface area contributed by atoms with Crippen LogP contribution >= 0.6 is 0 Å². The molecule has 140 valence electrons. The summed E-state index contributed by atoms with van der Waals surface area (Å²) in [6, 6.07) is 3.31. The van der Waals surface area contributed by atoms with Crippen molar-refractivity contribution in [3.05, 3.63) is 63.9 Å². The Hall–Kier alpha value is -2.88. The number of aromatic hydroxyl groups is 1. The Morgan fingerprint density at radius 1 is 1.15 bits per heavy atom. The molecule has 1 aliphatic rings. The molecule has 0 radical (unpaired) electrons. The monoisotopic (exact) mass is 363 g/mol. The van der Waals surface area contributed by atoms with Crippen LogP contribution in [-0.2, 0) is 6.42 Å². The molecule has 0 bridgehead atoms. The fourth-order valence-electron chi connectivity index (χ4n) is 3.44. The third-order valence-electron chi connectivity index (χ3n) is 4.98. The number of aromatic amines is 1. The third kappa shape index (κ3) is 3.65. The number of H-pyrrole nitrogens is 1. The first-order valence-corrected chi connectivity index (χ1v) is 9.22. The molecule has 2 N–H and O–H groups in total. The van der Waals surface area contributed by atoms with E-state index in [0.29, 0.717) is 39.7 Å². The second-order valence-corrected chi connectivity index (χ2v) is 7.46. The van der Waals surface area contributed by atoms with Gasteiger partial charge in [0.2, 0.25) is 5.78 Å². The van der Waals surface area contributed by atoms with Crippen molar-refractivity contribution in [2.75, 3.05) is 0 Å². The molecule has 0 fully saturated rings. The van der Waals surface area contributed by atoms with Crippen LogP contribution < -0.4 is 0 Å². The zero-order valence-corrected chi connectivity index (χ0v) is 16.3. The van der Waals surface area contributed by atoms with Crippen LogP contribution in [-0.4, -0.2) is 21.7 Å². The van der Waals surface area contributed by atoms with Gasteiger partial charge in [-0.25, -0.2) is 0 Å². The predicted octanol–water partition coefficient (Wildman–Crippen LogP) is 5.43. The molecule has 0 amide bonds. The van der Waals surface area contributed by atoms with Gasteiger partial charge in [0.15, 0.2) is 5.78 Å². The topological polar surface area (TPSA) is 70.2 Å². The number of aromatic nitrogens is 1. The van der Waals surface area contributed by atoms with E-state index in [0.717, 1.165) is 12.8 Å². The van der Waals surface area contributed by atoms with Crippen LogP contribution in [0.15, 0.2) is 47.1 Å². The Bertz CT molecular complexity index is 1030. The molecule has 0 saturated heterocycles. The fourth-order valence-corrected chi connectivity index (χ4v) is 3.44. The Kier molecular flexibility index (Phi) is 5.17. The Labute approximate surface area is 159 Å². The van der Waals surface area contributed by atoms with Crippen LogP contribution in [0.3, 0.4) is 0 Å². The smallest absolute Gasteiger partial charge is 0.203 e. The molecule has 1 heterocycles. The molecule has 1 aliphatic carbocycles. The van der Waals surface area contributed by atoms with Crippen molar-refractivity contribution in [2.24, 2.45) is 0 Å². The number of allylic oxidation sites excluding steroid dienone is 6. The molecular formula is C23H25NO3. The first-order valence-electron chi connectivity index (χ1n) is 9.22. The van der Waals surface area contributed by atoms with Gasteiger partial charge in [-0.1, -0.05) is 23.3 Å². The second-order valence-electron chi connectivity index (χ2n) is 7.46. The quantitative estimate of drug-likeness (QED) is 0.696. The summed E-state index contributed by atoms with van der Waals surface area (Å²) in [5.41, 5.74) is 5.10. The van der Waals surface area contributed by atoms with Crippen molar-refractivity contribution >= 4 is 22.5 Å². The molecule has 1 aromatic carbocycles. The van der Waals surface area contributed by atoms with Crippen molar-refractivity contribution in [2.45, 2.75) is 47.0 Å². The van der Waals surface area contributed by atoms with Crippen molar-refractivity contribution in [1.29, 1.82) is 0 Å². The lowest BCUT2D eigenvalue weighted by molar-refractivity contribution is 0.0983. The van der Waals surface area contributed by atoms with Crippen LogP contribution in [0.5, 0.6) is 5.75 Å². The Balaban J connectivity index is 1.98. The summed E-state index contributed by atoms with van der Waals surface area (Å²) in [5.74, 6) is -0.169. The number of carbonyl (C=O) groups is 2.